The van der Waals surface area contributed by atoms with Gasteiger partial charge < -0.3 is 20.1 Å². The highest BCUT2D eigenvalue weighted by molar-refractivity contribution is 6.41. The smallest absolute Gasteiger partial charge is 0.265 e. The number of rotatable bonds is 7. The molecule has 35 heavy (non-hydrogen) atoms. The second-order valence-corrected chi connectivity index (χ2v) is 8.00. The molecule has 0 saturated heterocycles. The zero-order valence-electron chi connectivity index (χ0n) is 18.8. The summed E-state index contributed by atoms with van der Waals surface area (Å²) in [6, 6.07) is 13.9. The van der Waals surface area contributed by atoms with Crippen molar-refractivity contribution in [3.05, 3.63) is 83.0 Å². The number of fused-ring (bicyclic) bond motifs is 1. The summed E-state index contributed by atoms with van der Waals surface area (Å²) < 4.78 is 11.9. The van der Waals surface area contributed by atoms with E-state index in [4.69, 9.17) is 32.7 Å². The van der Waals surface area contributed by atoms with Crippen molar-refractivity contribution in [2.24, 2.45) is 0 Å². The zero-order chi connectivity index (χ0) is 25.1. The van der Waals surface area contributed by atoms with Gasteiger partial charge in [0, 0.05) is 12.3 Å². The molecule has 0 aliphatic heterocycles. The van der Waals surface area contributed by atoms with Crippen LogP contribution in [0.15, 0.2) is 67.4 Å². The molecule has 0 fully saturated rings. The number of methoxy groups -OCH3 is 2. The molecule has 0 saturated carbocycles. The molecule has 1 amide bonds. The fourth-order valence-corrected chi connectivity index (χ4v) is 4.15. The van der Waals surface area contributed by atoms with Gasteiger partial charge in [0.15, 0.2) is 0 Å². The minimum absolute atomic E-state index is 0.0520. The Morgan fingerprint density at radius 1 is 1.00 bits per heavy atom. The Labute approximate surface area is 211 Å². The first kappa shape index (κ1) is 24.1. The standard InChI is InChI=1S/C25H20Cl2N4O4/c1-4-21(32)30-15-8-6-5-7-14(15)28-20-10-9-17-16(29-20)11-12-31(17)25(33)22-23(26)18(34-2)13-19(35-3)24(22)27/h4-13H,1H2,2-3H3,(H,28,29)(H,30,32). The summed E-state index contributed by atoms with van der Waals surface area (Å²) >= 11 is 12.8. The molecule has 2 heterocycles. The SMILES string of the molecule is C=CC(=O)Nc1ccccc1Nc1ccc2c(ccn2C(=O)c2c(Cl)c(OC)cc(OC)c2Cl)n1. The molecule has 2 aromatic heterocycles. The fourth-order valence-electron chi connectivity index (χ4n) is 3.48. The number of para-hydroxylation sites is 2. The Balaban J connectivity index is 1.69. The Morgan fingerprint density at radius 3 is 2.29 bits per heavy atom. The molecular weight excluding hydrogens is 491 g/mol. The van der Waals surface area contributed by atoms with Crippen LogP contribution in [0.4, 0.5) is 17.2 Å². The number of hydrogen-bond donors (Lipinski definition) is 2. The van der Waals surface area contributed by atoms with Crippen molar-refractivity contribution in [3.8, 4) is 11.5 Å². The van der Waals surface area contributed by atoms with E-state index in [1.165, 1.54) is 30.9 Å². The average molecular weight is 511 g/mol. The number of ether oxygens (including phenoxy) is 2. The van der Waals surface area contributed by atoms with E-state index in [9.17, 15) is 9.59 Å². The summed E-state index contributed by atoms with van der Waals surface area (Å²) in [5.41, 5.74) is 2.37. The monoisotopic (exact) mass is 510 g/mol. The molecule has 0 radical (unpaired) electrons. The normalized spacial score (nSPS) is 10.6. The largest absolute Gasteiger partial charge is 0.495 e. The molecule has 0 unspecified atom stereocenters. The summed E-state index contributed by atoms with van der Waals surface area (Å²) in [7, 11) is 2.88. The van der Waals surface area contributed by atoms with Crippen molar-refractivity contribution in [1.29, 1.82) is 0 Å². The van der Waals surface area contributed by atoms with Gasteiger partial charge in [0.25, 0.3) is 5.91 Å². The predicted octanol–water partition coefficient (Wildman–Crippen LogP) is 5.92. The molecule has 2 N–H and O–H groups in total. The van der Waals surface area contributed by atoms with Gasteiger partial charge in [-0.3, -0.25) is 14.2 Å². The van der Waals surface area contributed by atoms with Crippen molar-refractivity contribution in [3.63, 3.8) is 0 Å². The molecule has 0 aliphatic rings. The number of halogens is 2. The summed E-state index contributed by atoms with van der Waals surface area (Å²) in [5.74, 6) is 0.248. The molecule has 4 rings (SSSR count). The Hall–Kier alpha value is -4.01. The highest BCUT2D eigenvalue weighted by Gasteiger charge is 2.25. The molecular formula is C25H20Cl2N4O4. The van der Waals surface area contributed by atoms with E-state index in [2.05, 4.69) is 22.2 Å². The zero-order valence-corrected chi connectivity index (χ0v) is 20.3. The molecule has 0 aliphatic carbocycles. The second kappa shape index (κ2) is 10.1. The fraction of sp³-hybridized carbons (Fsp3) is 0.0800. The number of benzene rings is 2. The molecule has 0 atom stereocenters. The maximum absolute atomic E-state index is 13.4. The van der Waals surface area contributed by atoms with E-state index >= 15 is 0 Å². The third-order valence-corrected chi connectivity index (χ3v) is 5.93. The first-order valence-corrected chi connectivity index (χ1v) is 11.1. The van der Waals surface area contributed by atoms with E-state index in [-0.39, 0.29) is 33.0 Å². The Bertz CT molecular complexity index is 1440. The molecule has 0 spiro atoms. The summed E-state index contributed by atoms with van der Waals surface area (Å²) in [6.45, 7) is 3.47. The van der Waals surface area contributed by atoms with Gasteiger partial charge in [0.1, 0.15) is 17.3 Å². The number of aromatic nitrogens is 2. The lowest BCUT2D eigenvalue weighted by Gasteiger charge is -2.14. The number of pyridine rings is 1. The van der Waals surface area contributed by atoms with Gasteiger partial charge in [-0.2, -0.15) is 0 Å². The van der Waals surface area contributed by atoms with Crippen LogP contribution in [0.1, 0.15) is 10.4 Å². The van der Waals surface area contributed by atoms with Gasteiger partial charge in [-0.25, -0.2) is 4.98 Å². The van der Waals surface area contributed by atoms with Crippen LogP contribution in [0.25, 0.3) is 11.0 Å². The molecule has 178 valence electrons. The van der Waals surface area contributed by atoms with E-state index in [0.717, 1.165) is 0 Å². The van der Waals surface area contributed by atoms with Crippen molar-refractivity contribution < 1.29 is 19.1 Å². The minimum atomic E-state index is -0.466. The number of carbonyl (C=O) groups is 2. The summed E-state index contributed by atoms with van der Waals surface area (Å²) in [6.07, 6.45) is 2.78. The van der Waals surface area contributed by atoms with Gasteiger partial charge in [-0.1, -0.05) is 41.9 Å². The number of hydrogen-bond acceptors (Lipinski definition) is 6. The number of carbonyl (C=O) groups excluding carboxylic acids is 2. The predicted molar refractivity (Wildman–Crippen MR) is 138 cm³/mol. The van der Waals surface area contributed by atoms with Crippen LogP contribution in [-0.2, 0) is 4.79 Å². The van der Waals surface area contributed by atoms with E-state index < -0.39 is 5.91 Å². The number of anilines is 3. The van der Waals surface area contributed by atoms with Crippen LogP contribution in [0.2, 0.25) is 10.0 Å². The van der Waals surface area contributed by atoms with Crippen molar-refractivity contribution >= 4 is 63.2 Å². The number of nitrogens with one attached hydrogen (secondary N) is 2. The highest BCUT2D eigenvalue weighted by Crippen LogP contribution is 2.41. The molecule has 8 nitrogen and oxygen atoms in total. The first-order valence-electron chi connectivity index (χ1n) is 10.3. The Morgan fingerprint density at radius 2 is 1.66 bits per heavy atom. The maximum Gasteiger partial charge on any atom is 0.265 e. The van der Waals surface area contributed by atoms with Crippen LogP contribution in [-0.4, -0.2) is 35.6 Å². The summed E-state index contributed by atoms with van der Waals surface area (Å²) in [5, 5.41) is 6.08. The average Bonchev–Trinajstić information content (AvgIpc) is 3.28. The van der Waals surface area contributed by atoms with Gasteiger partial charge >= 0.3 is 0 Å². The lowest BCUT2D eigenvalue weighted by Crippen LogP contribution is -2.13. The van der Waals surface area contributed by atoms with Gasteiger partial charge in [0.2, 0.25) is 5.91 Å². The summed E-state index contributed by atoms with van der Waals surface area (Å²) in [4.78, 5) is 29.8. The Kier molecular flexibility index (Phi) is 6.95. The molecule has 4 aromatic rings. The topological polar surface area (TPSA) is 94.5 Å². The lowest BCUT2D eigenvalue weighted by molar-refractivity contribution is -0.111. The first-order chi connectivity index (χ1) is 16.9. The van der Waals surface area contributed by atoms with E-state index in [1.807, 2.05) is 6.07 Å². The quantitative estimate of drug-likeness (QED) is 0.300. The maximum atomic E-state index is 13.4. The van der Waals surface area contributed by atoms with Gasteiger partial charge in [-0.15, -0.1) is 0 Å². The number of nitrogens with zero attached hydrogens (tertiary/aromatic N) is 2. The van der Waals surface area contributed by atoms with E-state index in [0.29, 0.717) is 28.2 Å². The van der Waals surface area contributed by atoms with Gasteiger partial charge in [0.05, 0.1) is 52.2 Å². The molecule has 0 bridgehead atoms. The molecule has 10 heteroatoms. The lowest BCUT2D eigenvalue weighted by atomic mass is 10.1. The van der Waals surface area contributed by atoms with Crippen molar-refractivity contribution in [2.75, 3.05) is 24.9 Å². The van der Waals surface area contributed by atoms with Crippen LogP contribution in [0.5, 0.6) is 11.5 Å². The van der Waals surface area contributed by atoms with Crippen LogP contribution in [0.3, 0.4) is 0 Å². The van der Waals surface area contributed by atoms with Crippen LogP contribution in [0, 0.1) is 0 Å². The number of amides is 1. The van der Waals surface area contributed by atoms with Crippen LogP contribution >= 0.6 is 23.2 Å². The third kappa shape index (κ3) is 4.66. The van der Waals surface area contributed by atoms with Crippen molar-refractivity contribution in [1.82, 2.24) is 9.55 Å². The van der Waals surface area contributed by atoms with Crippen molar-refractivity contribution in [2.45, 2.75) is 0 Å². The van der Waals surface area contributed by atoms with Gasteiger partial charge in [-0.05, 0) is 36.4 Å². The molecule has 2 aromatic carbocycles. The van der Waals surface area contributed by atoms with E-state index in [1.54, 1.807) is 42.6 Å². The minimum Gasteiger partial charge on any atom is -0.495 e. The third-order valence-electron chi connectivity index (χ3n) is 5.18. The second-order valence-electron chi connectivity index (χ2n) is 7.24. The van der Waals surface area contributed by atoms with Crippen LogP contribution < -0.4 is 20.1 Å². The highest BCUT2D eigenvalue weighted by atomic mass is 35.5.